The maximum absolute atomic E-state index is 12.3. The lowest BCUT2D eigenvalue weighted by molar-refractivity contribution is -0.146. The highest BCUT2D eigenvalue weighted by Gasteiger charge is 2.50. The topological polar surface area (TPSA) is 86.2 Å². The molecule has 21 heavy (non-hydrogen) atoms. The Hall–Kier alpha value is -1.50. The Kier molecular flexibility index (Phi) is 3.82. The molecule has 0 aliphatic heterocycles. The van der Waals surface area contributed by atoms with Gasteiger partial charge in [-0.25, -0.2) is 18.4 Å². The zero-order chi connectivity index (χ0) is 15.9. The van der Waals surface area contributed by atoms with E-state index in [0.29, 0.717) is 18.5 Å². The number of aromatic nitrogens is 2. The highest BCUT2D eigenvalue weighted by Crippen LogP contribution is 2.44. The lowest BCUT2D eigenvalue weighted by atomic mass is 9.89. The first kappa shape index (κ1) is 15.9. The maximum Gasteiger partial charge on any atom is 0.317 e. The van der Waals surface area contributed by atoms with Crippen LogP contribution in [0.15, 0.2) is 12.3 Å². The summed E-state index contributed by atoms with van der Waals surface area (Å²) in [6.45, 7) is 5.11. The Labute approximate surface area is 124 Å². The van der Waals surface area contributed by atoms with Gasteiger partial charge >= 0.3 is 5.97 Å². The standard InChI is InChI=1S/C14H20N2O4S/c1-13(2,12(17)20-4)10-5-8-15-11(16-10)9-21(18,19)14(3)6-7-14/h5,8H,6-7,9H2,1-4H3. The van der Waals surface area contributed by atoms with Gasteiger partial charge in [-0.3, -0.25) is 4.79 Å². The van der Waals surface area contributed by atoms with Gasteiger partial charge < -0.3 is 4.74 Å². The molecule has 0 bridgehead atoms. The van der Waals surface area contributed by atoms with Gasteiger partial charge in [0.25, 0.3) is 0 Å². The molecule has 1 heterocycles. The third-order valence-corrected chi connectivity index (χ3v) is 6.61. The predicted octanol–water partition coefficient (Wildman–Crippen LogP) is 1.39. The van der Waals surface area contributed by atoms with Gasteiger partial charge in [-0.1, -0.05) is 0 Å². The van der Waals surface area contributed by atoms with Crippen LogP contribution >= 0.6 is 0 Å². The highest BCUT2D eigenvalue weighted by molar-refractivity contribution is 7.92. The van der Waals surface area contributed by atoms with Crippen molar-refractivity contribution in [1.82, 2.24) is 9.97 Å². The number of hydrogen-bond acceptors (Lipinski definition) is 6. The Balaban J connectivity index is 2.29. The molecule has 7 heteroatoms. The van der Waals surface area contributed by atoms with Gasteiger partial charge in [-0.2, -0.15) is 0 Å². The summed E-state index contributed by atoms with van der Waals surface area (Å²) in [6, 6.07) is 1.60. The summed E-state index contributed by atoms with van der Waals surface area (Å²) >= 11 is 0. The molecule has 2 rings (SSSR count). The molecule has 1 aliphatic carbocycles. The lowest BCUT2D eigenvalue weighted by Crippen LogP contribution is -2.32. The average Bonchev–Trinajstić information content (AvgIpc) is 3.17. The van der Waals surface area contributed by atoms with Crippen molar-refractivity contribution in [2.24, 2.45) is 0 Å². The van der Waals surface area contributed by atoms with E-state index in [9.17, 15) is 13.2 Å². The number of carbonyl (C=O) groups excluding carboxylic acids is 1. The van der Waals surface area contributed by atoms with Gasteiger partial charge in [0, 0.05) is 6.20 Å². The first-order valence-corrected chi connectivity index (χ1v) is 8.41. The molecule has 1 aromatic rings. The first-order chi connectivity index (χ1) is 9.62. The van der Waals surface area contributed by atoms with Crippen molar-refractivity contribution in [3.63, 3.8) is 0 Å². The van der Waals surface area contributed by atoms with Gasteiger partial charge in [0.2, 0.25) is 0 Å². The van der Waals surface area contributed by atoms with Crippen molar-refractivity contribution in [2.45, 2.75) is 49.5 Å². The second-order valence-electron chi connectivity index (χ2n) is 6.18. The molecule has 0 unspecified atom stereocenters. The molecule has 1 fully saturated rings. The van der Waals surface area contributed by atoms with Crippen LogP contribution in [0.1, 0.15) is 45.1 Å². The smallest absolute Gasteiger partial charge is 0.317 e. The van der Waals surface area contributed by atoms with Crippen LogP contribution in [0, 0.1) is 0 Å². The molecule has 6 nitrogen and oxygen atoms in total. The van der Waals surface area contributed by atoms with Crippen molar-refractivity contribution >= 4 is 15.8 Å². The normalized spacial score (nSPS) is 17.3. The molecule has 0 saturated heterocycles. The van der Waals surface area contributed by atoms with E-state index in [1.165, 1.54) is 13.3 Å². The van der Waals surface area contributed by atoms with E-state index in [0.717, 1.165) is 0 Å². The molecule has 0 radical (unpaired) electrons. The van der Waals surface area contributed by atoms with E-state index in [1.54, 1.807) is 26.8 Å². The van der Waals surface area contributed by atoms with E-state index < -0.39 is 26.0 Å². The minimum atomic E-state index is -3.27. The Morgan fingerprint density at radius 2 is 2.05 bits per heavy atom. The second-order valence-corrected chi connectivity index (χ2v) is 8.69. The van der Waals surface area contributed by atoms with Crippen molar-refractivity contribution in [2.75, 3.05) is 7.11 Å². The van der Waals surface area contributed by atoms with Crippen molar-refractivity contribution in [3.8, 4) is 0 Å². The first-order valence-electron chi connectivity index (χ1n) is 6.75. The minimum absolute atomic E-state index is 0.200. The van der Waals surface area contributed by atoms with Crippen molar-refractivity contribution < 1.29 is 17.9 Å². The van der Waals surface area contributed by atoms with Crippen LogP contribution in [0.2, 0.25) is 0 Å². The zero-order valence-electron chi connectivity index (χ0n) is 12.7. The summed E-state index contributed by atoms with van der Waals surface area (Å²) in [5, 5.41) is 0. The summed E-state index contributed by atoms with van der Waals surface area (Å²) in [4.78, 5) is 20.1. The van der Waals surface area contributed by atoms with E-state index in [2.05, 4.69) is 9.97 Å². The summed E-state index contributed by atoms with van der Waals surface area (Å²) in [7, 11) is -1.96. The Morgan fingerprint density at radius 1 is 1.43 bits per heavy atom. The molecule has 1 aliphatic rings. The van der Waals surface area contributed by atoms with Crippen molar-refractivity contribution in [1.29, 1.82) is 0 Å². The Morgan fingerprint density at radius 3 is 2.57 bits per heavy atom. The fourth-order valence-corrected chi connectivity index (χ4v) is 3.56. The SMILES string of the molecule is COC(=O)C(C)(C)c1ccnc(CS(=O)(=O)C2(C)CC2)n1. The van der Waals surface area contributed by atoms with Gasteiger partial charge in [-0.05, 0) is 39.7 Å². The summed E-state index contributed by atoms with van der Waals surface area (Å²) in [5.41, 5.74) is -0.491. The third-order valence-electron chi connectivity index (χ3n) is 4.07. The fourth-order valence-electron chi connectivity index (χ4n) is 2.01. The van der Waals surface area contributed by atoms with Crippen LogP contribution in [0.25, 0.3) is 0 Å². The van der Waals surface area contributed by atoms with Crippen LogP contribution in [-0.2, 0) is 30.5 Å². The number of rotatable bonds is 5. The number of methoxy groups -OCH3 is 1. The van der Waals surface area contributed by atoms with E-state index in [1.807, 2.05) is 0 Å². The molecule has 116 valence electrons. The predicted molar refractivity (Wildman–Crippen MR) is 77.3 cm³/mol. The molecule has 0 spiro atoms. The van der Waals surface area contributed by atoms with Crippen LogP contribution < -0.4 is 0 Å². The van der Waals surface area contributed by atoms with Gasteiger partial charge in [0.15, 0.2) is 9.84 Å². The summed E-state index contributed by atoms with van der Waals surface area (Å²) < 4.78 is 28.6. The average molecular weight is 312 g/mol. The number of ether oxygens (including phenoxy) is 1. The highest BCUT2D eigenvalue weighted by atomic mass is 32.2. The molecular weight excluding hydrogens is 292 g/mol. The lowest BCUT2D eigenvalue weighted by Gasteiger charge is -2.21. The minimum Gasteiger partial charge on any atom is -0.468 e. The number of esters is 1. The maximum atomic E-state index is 12.3. The van der Waals surface area contributed by atoms with Crippen molar-refractivity contribution in [3.05, 3.63) is 23.8 Å². The zero-order valence-corrected chi connectivity index (χ0v) is 13.5. The molecule has 0 aromatic carbocycles. The summed E-state index contributed by atoms with van der Waals surface area (Å²) in [5.74, 6) is -0.407. The van der Waals surface area contributed by atoms with Crippen LogP contribution in [0.5, 0.6) is 0 Å². The summed E-state index contributed by atoms with van der Waals surface area (Å²) in [6.07, 6.45) is 2.85. The van der Waals surface area contributed by atoms with Gasteiger partial charge in [0.1, 0.15) is 17.0 Å². The largest absolute Gasteiger partial charge is 0.468 e. The van der Waals surface area contributed by atoms with E-state index in [-0.39, 0.29) is 11.6 Å². The second kappa shape index (κ2) is 5.05. The number of hydrogen-bond donors (Lipinski definition) is 0. The third kappa shape index (κ3) is 2.92. The van der Waals surface area contributed by atoms with Crippen LogP contribution in [0.3, 0.4) is 0 Å². The van der Waals surface area contributed by atoms with Crippen LogP contribution in [-0.4, -0.2) is 36.2 Å². The molecule has 0 amide bonds. The van der Waals surface area contributed by atoms with Gasteiger partial charge in [0.05, 0.1) is 17.6 Å². The molecular formula is C14H20N2O4S. The molecule has 0 N–H and O–H groups in total. The number of sulfone groups is 1. The molecule has 1 aromatic heterocycles. The number of nitrogens with zero attached hydrogens (tertiary/aromatic N) is 2. The molecule has 1 saturated carbocycles. The van der Waals surface area contributed by atoms with Gasteiger partial charge in [-0.15, -0.1) is 0 Å². The Bertz CT molecular complexity index is 663. The molecule has 0 atom stereocenters. The fraction of sp³-hybridized carbons (Fsp3) is 0.643. The number of carbonyl (C=O) groups is 1. The monoisotopic (exact) mass is 312 g/mol. The van der Waals surface area contributed by atoms with E-state index >= 15 is 0 Å². The van der Waals surface area contributed by atoms with Crippen LogP contribution in [0.4, 0.5) is 0 Å². The quantitative estimate of drug-likeness (QED) is 0.764. The van der Waals surface area contributed by atoms with E-state index in [4.69, 9.17) is 4.74 Å².